The molecule has 152 valence electrons. The minimum Gasteiger partial charge on any atom is -0.502 e. The van der Waals surface area contributed by atoms with Crippen LogP contribution in [-0.2, 0) is 0 Å². The zero-order valence-electron chi connectivity index (χ0n) is 15.9. The summed E-state index contributed by atoms with van der Waals surface area (Å²) in [4.78, 5) is 28.2. The highest BCUT2D eigenvalue weighted by molar-refractivity contribution is 5.81. The predicted octanol–water partition coefficient (Wildman–Crippen LogP) is 2.13. The smallest absolute Gasteiger partial charge is 0.311 e. The van der Waals surface area contributed by atoms with E-state index in [1.165, 1.54) is 24.4 Å². The van der Waals surface area contributed by atoms with Crippen molar-refractivity contribution >= 4 is 29.7 Å². The molecule has 0 saturated carbocycles. The molecule has 2 fully saturated rings. The lowest BCUT2D eigenvalue weighted by Crippen LogP contribution is -2.25. The Morgan fingerprint density at radius 1 is 1.03 bits per heavy atom. The molecule has 0 radical (unpaired) electrons. The van der Waals surface area contributed by atoms with Gasteiger partial charge < -0.3 is 14.9 Å². The van der Waals surface area contributed by atoms with Crippen molar-refractivity contribution < 1.29 is 10.0 Å². The third kappa shape index (κ3) is 4.33. The summed E-state index contributed by atoms with van der Waals surface area (Å²) in [5, 5.41) is 24.6. The van der Waals surface area contributed by atoms with Crippen molar-refractivity contribution in [3.8, 4) is 5.75 Å². The van der Waals surface area contributed by atoms with Gasteiger partial charge >= 0.3 is 5.69 Å². The number of aromatic nitrogens is 3. The van der Waals surface area contributed by atoms with E-state index in [1.807, 2.05) is 0 Å². The number of nitrogens with one attached hydrogen (secondary N) is 1. The molecule has 0 bridgehead atoms. The van der Waals surface area contributed by atoms with Crippen LogP contribution in [0.25, 0.3) is 0 Å². The van der Waals surface area contributed by atoms with E-state index in [-0.39, 0.29) is 11.4 Å². The molecule has 0 atom stereocenters. The fraction of sp³-hybridized carbons (Fsp3) is 0.444. The van der Waals surface area contributed by atoms with Crippen LogP contribution in [0, 0.1) is 10.1 Å². The highest BCUT2D eigenvalue weighted by Crippen LogP contribution is 2.26. The summed E-state index contributed by atoms with van der Waals surface area (Å²) in [5.41, 5.74) is 2.90. The van der Waals surface area contributed by atoms with Gasteiger partial charge in [0, 0.05) is 37.8 Å². The van der Waals surface area contributed by atoms with Gasteiger partial charge in [0.25, 0.3) is 0 Å². The number of hydrazone groups is 1. The lowest BCUT2D eigenvalue weighted by Gasteiger charge is -2.20. The van der Waals surface area contributed by atoms with Gasteiger partial charge in [-0.15, -0.1) is 0 Å². The van der Waals surface area contributed by atoms with E-state index in [2.05, 4.69) is 35.3 Å². The normalized spacial score (nSPS) is 16.7. The molecule has 2 aliphatic rings. The number of anilines is 3. The number of rotatable bonds is 6. The molecule has 0 aliphatic carbocycles. The Labute approximate surface area is 167 Å². The van der Waals surface area contributed by atoms with E-state index in [9.17, 15) is 15.2 Å². The molecule has 2 aromatic rings. The highest BCUT2D eigenvalue weighted by atomic mass is 16.6. The van der Waals surface area contributed by atoms with E-state index in [0.717, 1.165) is 51.9 Å². The second kappa shape index (κ2) is 8.25. The summed E-state index contributed by atoms with van der Waals surface area (Å²) in [6, 6.07) is 4.05. The molecule has 11 nitrogen and oxygen atoms in total. The van der Waals surface area contributed by atoms with Crippen LogP contribution < -0.4 is 15.2 Å². The topological polar surface area (TPSA) is 133 Å². The Morgan fingerprint density at radius 3 is 2.17 bits per heavy atom. The zero-order valence-corrected chi connectivity index (χ0v) is 15.9. The second-order valence-corrected chi connectivity index (χ2v) is 7.02. The number of nitro benzene ring substituents is 1. The Bertz CT molecular complexity index is 889. The lowest BCUT2D eigenvalue weighted by atomic mass is 10.2. The SMILES string of the molecule is O=[N+]([O-])c1cc(C=NNc2nc(N3CCCC3)nc(N3CCCC3)n2)ccc1O. The molecule has 2 saturated heterocycles. The van der Waals surface area contributed by atoms with Gasteiger partial charge in [0.1, 0.15) is 0 Å². The van der Waals surface area contributed by atoms with E-state index < -0.39 is 4.92 Å². The molecule has 0 spiro atoms. The van der Waals surface area contributed by atoms with Crippen LogP contribution in [0.4, 0.5) is 23.5 Å². The predicted molar refractivity (Wildman–Crippen MR) is 109 cm³/mol. The number of phenols is 1. The van der Waals surface area contributed by atoms with Crippen LogP contribution in [0.15, 0.2) is 23.3 Å². The maximum absolute atomic E-state index is 10.9. The molecule has 1 aromatic carbocycles. The monoisotopic (exact) mass is 398 g/mol. The number of benzene rings is 1. The van der Waals surface area contributed by atoms with Crippen LogP contribution >= 0.6 is 0 Å². The zero-order chi connectivity index (χ0) is 20.2. The summed E-state index contributed by atoms with van der Waals surface area (Å²) in [6.45, 7) is 3.68. The number of nitro groups is 1. The first-order valence-corrected chi connectivity index (χ1v) is 9.62. The third-order valence-electron chi connectivity index (χ3n) is 4.96. The average Bonchev–Trinajstić information content (AvgIpc) is 3.43. The fourth-order valence-electron chi connectivity index (χ4n) is 3.45. The molecule has 0 unspecified atom stereocenters. The fourth-order valence-corrected chi connectivity index (χ4v) is 3.45. The Kier molecular flexibility index (Phi) is 5.36. The van der Waals surface area contributed by atoms with E-state index in [4.69, 9.17) is 0 Å². The van der Waals surface area contributed by atoms with Crippen LogP contribution in [0.1, 0.15) is 31.2 Å². The van der Waals surface area contributed by atoms with Gasteiger partial charge in [0.2, 0.25) is 17.8 Å². The van der Waals surface area contributed by atoms with Gasteiger partial charge in [-0.05, 0) is 37.8 Å². The average molecular weight is 398 g/mol. The molecule has 29 heavy (non-hydrogen) atoms. The maximum atomic E-state index is 10.9. The van der Waals surface area contributed by atoms with Crippen LogP contribution in [-0.4, -0.2) is 57.4 Å². The van der Waals surface area contributed by atoms with Crippen LogP contribution in [0.3, 0.4) is 0 Å². The van der Waals surface area contributed by atoms with E-state index in [0.29, 0.717) is 23.4 Å². The minimum atomic E-state index is -0.642. The van der Waals surface area contributed by atoms with Gasteiger partial charge in [-0.3, -0.25) is 10.1 Å². The number of nitrogens with zero attached hydrogens (tertiary/aromatic N) is 7. The number of hydrogen-bond acceptors (Lipinski definition) is 10. The second-order valence-electron chi connectivity index (χ2n) is 7.02. The summed E-state index contributed by atoms with van der Waals surface area (Å²) >= 11 is 0. The number of aromatic hydroxyl groups is 1. The molecule has 2 aliphatic heterocycles. The molecule has 11 heteroatoms. The first-order valence-electron chi connectivity index (χ1n) is 9.62. The van der Waals surface area contributed by atoms with Crippen molar-refractivity contribution in [1.82, 2.24) is 15.0 Å². The molecule has 1 aromatic heterocycles. The molecule has 4 rings (SSSR count). The van der Waals surface area contributed by atoms with Gasteiger partial charge in [-0.1, -0.05) is 0 Å². The Balaban J connectivity index is 1.55. The summed E-state index contributed by atoms with van der Waals surface area (Å²) in [5.74, 6) is 1.21. The number of phenolic OH excluding ortho intramolecular Hbond substituents is 1. The molecular formula is C18H22N8O3. The van der Waals surface area contributed by atoms with Crippen molar-refractivity contribution in [1.29, 1.82) is 0 Å². The minimum absolute atomic E-state index is 0.327. The summed E-state index contributed by atoms with van der Waals surface area (Å²) in [7, 11) is 0. The van der Waals surface area contributed by atoms with Gasteiger partial charge in [-0.25, -0.2) is 5.43 Å². The quantitative estimate of drug-likeness (QED) is 0.426. The Hall–Kier alpha value is -3.50. The molecule has 2 N–H and O–H groups in total. The van der Waals surface area contributed by atoms with Gasteiger partial charge in [0.05, 0.1) is 11.1 Å². The van der Waals surface area contributed by atoms with E-state index in [1.54, 1.807) is 0 Å². The van der Waals surface area contributed by atoms with Crippen molar-refractivity contribution in [3.63, 3.8) is 0 Å². The van der Waals surface area contributed by atoms with Crippen LogP contribution in [0.2, 0.25) is 0 Å². The lowest BCUT2D eigenvalue weighted by molar-refractivity contribution is -0.385. The maximum Gasteiger partial charge on any atom is 0.311 e. The molecular weight excluding hydrogens is 376 g/mol. The first-order chi connectivity index (χ1) is 14.1. The van der Waals surface area contributed by atoms with Crippen molar-refractivity contribution in [2.45, 2.75) is 25.7 Å². The number of hydrogen-bond donors (Lipinski definition) is 2. The van der Waals surface area contributed by atoms with Gasteiger partial charge in [-0.2, -0.15) is 20.1 Å². The van der Waals surface area contributed by atoms with E-state index >= 15 is 0 Å². The third-order valence-corrected chi connectivity index (χ3v) is 4.96. The largest absolute Gasteiger partial charge is 0.502 e. The summed E-state index contributed by atoms with van der Waals surface area (Å²) in [6.07, 6.45) is 5.88. The summed E-state index contributed by atoms with van der Waals surface area (Å²) < 4.78 is 0. The van der Waals surface area contributed by atoms with Crippen molar-refractivity contribution in [2.75, 3.05) is 41.4 Å². The standard InChI is InChI=1S/C18H22N8O3/c27-15-6-5-13(11-14(15)26(28)29)12-19-23-16-20-17(24-7-1-2-8-24)22-18(21-16)25-9-3-4-10-25/h5-6,11-12,27H,1-4,7-10H2,(H,20,21,22,23). The molecule has 0 amide bonds. The highest BCUT2D eigenvalue weighted by Gasteiger charge is 2.21. The molecule has 3 heterocycles. The van der Waals surface area contributed by atoms with Crippen molar-refractivity contribution in [3.05, 3.63) is 33.9 Å². The first kappa shape index (κ1) is 18.8. The van der Waals surface area contributed by atoms with Crippen LogP contribution in [0.5, 0.6) is 5.75 Å². The van der Waals surface area contributed by atoms with Gasteiger partial charge in [0.15, 0.2) is 5.75 Å². The van der Waals surface area contributed by atoms with Crippen molar-refractivity contribution in [2.24, 2.45) is 5.10 Å². The Morgan fingerprint density at radius 2 is 1.62 bits per heavy atom.